The normalized spacial score (nSPS) is 10.5. The molecule has 0 fully saturated rings. The third-order valence-electron chi connectivity index (χ3n) is 2.12. The van der Waals surface area contributed by atoms with Crippen molar-refractivity contribution in [2.75, 3.05) is 13.7 Å². The molecule has 1 aromatic rings. The number of rotatable bonds is 4. The second-order valence-corrected chi connectivity index (χ2v) is 3.98. The van der Waals surface area contributed by atoms with Crippen LogP contribution < -0.4 is 10.6 Å². The largest absolute Gasteiger partial charge is 0.496 e. The van der Waals surface area contributed by atoms with Crippen molar-refractivity contribution in [1.82, 2.24) is 0 Å². The van der Waals surface area contributed by atoms with Crippen molar-refractivity contribution in [1.29, 1.82) is 0 Å². The van der Waals surface area contributed by atoms with E-state index in [-0.39, 0.29) is 12.4 Å². The van der Waals surface area contributed by atoms with Crippen molar-refractivity contribution in [3.63, 3.8) is 0 Å². The maximum atomic E-state index is 13.7. The van der Waals surface area contributed by atoms with Crippen LogP contribution in [0.4, 0.5) is 4.39 Å². The van der Waals surface area contributed by atoms with Gasteiger partial charge in [-0.25, -0.2) is 10.3 Å². The molecule has 0 saturated heterocycles. The fourth-order valence-corrected chi connectivity index (χ4v) is 2.05. The van der Waals surface area contributed by atoms with Gasteiger partial charge in [-0.15, -0.1) is 0 Å². The van der Waals surface area contributed by atoms with Crippen LogP contribution in [0.15, 0.2) is 10.5 Å². The highest BCUT2D eigenvalue weighted by Crippen LogP contribution is 2.31. The van der Waals surface area contributed by atoms with Crippen LogP contribution in [0.5, 0.6) is 5.75 Å². The van der Waals surface area contributed by atoms with Crippen LogP contribution in [-0.4, -0.2) is 13.7 Å². The second kappa shape index (κ2) is 5.44. The maximum Gasteiger partial charge on any atom is 0.144 e. The molecule has 0 aliphatic heterocycles. The van der Waals surface area contributed by atoms with Crippen molar-refractivity contribution in [3.8, 4) is 5.75 Å². The fourth-order valence-electron chi connectivity index (χ4n) is 1.47. The Morgan fingerprint density at radius 1 is 1.53 bits per heavy atom. The van der Waals surface area contributed by atoms with Gasteiger partial charge in [0.2, 0.25) is 0 Å². The van der Waals surface area contributed by atoms with Gasteiger partial charge in [-0.3, -0.25) is 0 Å². The van der Waals surface area contributed by atoms with Gasteiger partial charge in [0.15, 0.2) is 0 Å². The molecule has 0 unspecified atom stereocenters. The first kappa shape index (κ1) is 12.4. The Hall–Kier alpha value is -0.650. The lowest BCUT2D eigenvalue weighted by Gasteiger charge is -2.13. The van der Waals surface area contributed by atoms with Crippen LogP contribution in [0.1, 0.15) is 11.1 Å². The van der Waals surface area contributed by atoms with Crippen LogP contribution >= 0.6 is 15.9 Å². The number of hydrogen-bond acceptors (Lipinski definition) is 3. The zero-order valence-corrected chi connectivity index (χ0v) is 10.2. The minimum absolute atomic E-state index is 0.253. The summed E-state index contributed by atoms with van der Waals surface area (Å²) in [5.41, 5.74) is 1.35. The van der Waals surface area contributed by atoms with E-state index in [2.05, 4.69) is 20.8 Å². The Labute approximate surface area is 96.4 Å². The molecule has 0 aromatic heterocycles. The minimum Gasteiger partial charge on any atom is -0.496 e. The third kappa shape index (κ3) is 2.68. The summed E-state index contributed by atoms with van der Waals surface area (Å²) in [5.74, 6) is 5.14. The molecule has 5 heteroatoms. The first-order chi connectivity index (χ1) is 7.11. The van der Waals surface area contributed by atoms with Crippen LogP contribution in [0.3, 0.4) is 0 Å². The topological polar surface area (TPSA) is 44.5 Å². The molecule has 0 radical (unpaired) electrons. The third-order valence-corrected chi connectivity index (χ3v) is 2.70. The van der Waals surface area contributed by atoms with Gasteiger partial charge in [0, 0.05) is 12.0 Å². The van der Waals surface area contributed by atoms with Crippen LogP contribution in [0.2, 0.25) is 0 Å². The van der Waals surface area contributed by atoms with Crippen molar-refractivity contribution in [3.05, 3.63) is 27.5 Å². The van der Waals surface area contributed by atoms with Crippen molar-refractivity contribution >= 4 is 15.9 Å². The Bertz CT molecular complexity index is 358. The van der Waals surface area contributed by atoms with Gasteiger partial charge in [-0.05, 0) is 34.5 Å². The van der Waals surface area contributed by atoms with Gasteiger partial charge in [0.1, 0.15) is 11.6 Å². The summed E-state index contributed by atoms with van der Waals surface area (Å²) in [5, 5.41) is 0. The minimum atomic E-state index is -0.325. The molecule has 84 valence electrons. The number of aryl methyl sites for hydroxylation is 1. The van der Waals surface area contributed by atoms with Crippen LogP contribution in [0, 0.1) is 12.7 Å². The zero-order valence-electron chi connectivity index (χ0n) is 8.64. The highest BCUT2D eigenvalue weighted by molar-refractivity contribution is 9.10. The van der Waals surface area contributed by atoms with Crippen molar-refractivity contribution < 1.29 is 14.0 Å². The smallest absolute Gasteiger partial charge is 0.144 e. The molecular formula is C10H13BrFNO2. The molecule has 0 heterocycles. The Balaban J connectivity index is 3.18. The SMILES string of the molecule is COc1c(C)cc(Br)c(F)c1CCON. The van der Waals surface area contributed by atoms with E-state index >= 15 is 0 Å². The van der Waals surface area contributed by atoms with E-state index in [0.717, 1.165) is 5.56 Å². The lowest BCUT2D eigenvalue weighted by molar-refractivity contribution is 0.140. The van der Waals surface area contributed by atoms with Crippen molar-refractivity contribution in [2.45, 2.75) is 13.3 Å². The summed E-state index contributed by atoms with van der Waals surface area (Å²) in [6.45, 7) is 2.11. The molecule has 0 saturated carbocycles. The molecule has 15 heavy (non-hydrogen) atoms. The summed E-state index contributed by atoms with van der Waals surface area (Å²) in [6, 6.07) is 1.68. The molecule has 0 atom stereocenters. The predicted octanol–water partition coefficient (Wildman–Crippen LogP) is 2.34. The predicted molar refractivity (Wildman–Crippen MR) is 59.2 cm³/mol. The molecular weight excluding hydrogens is 265 g/mol. The van der Waals surface area contributed by atoms with Gasteiger partial charge in [0.25, 0.3) is 0 Å². The second-order valence-electron chi connectivity index (χ2n) is 3.12. The fraction of sp³-hybridized carbons (Fsp3) is 0.400. The molecule has 0 bridgehead atoms. The summed E-state index contributed by atoms with van der Waals surface area (Å²) in [7, 11) is 1.52. The highest BCUT2D eigenvalue weighted by Gasteiger charge is 2.15. The number of halogens is 2. The Morgan fingerprint density at radius 3 is 2.73 bits per heavy atom. The molecule has 0 aliphatic carbocycles. The molecule has 3 nitrogen and oxygen atoms in total. The molecule has 1 rings (SSSR count). The lowest BCUT2D eigenvalue weighted by Crippen LogP contribution is -2.07. The van der Waals surface area contributed by atoms with Crippen LogP contribution in [-0.2, 0) is 11.3 Å². The first-order valence-electron chi connectivity index (χ1n) is 4.45. The quantitative estimate of drug-likeness (QED) is 0.860. The van der Waals surface area contributed by atoms with Gasteiger partial charge in [0.05, 0.1) is 18.2 Å². The standard InChI is InChI=1S/C10H13BrFNO2/c1-6-5-8(11)9(12)7(3-4-15-13)10(6)14-2/h5H,3-4,13H2,1-2H3. The van der Waals surface area contributed by atoms with E-state index in [1.807, 2.05) is 6.92 Å². The average molecular weight is 278 g/mol. The Kier molecular flexibility index (Phi) is 4.50. The highest BCUT2D eigenvalue weighted by atomic mass is 79.9. The lowest BCUT2D eigenvalue weighted by atomic mass is 10.1. The number of benzene rings is 1. The molecule has 0 amide bonds. The molecule has 0 aliphatic rings. The zero-order chi connectivity index (χ0) is 11.4. The number of hydrogen-bond donors (Lipinski definition) is 1. The number of methoxy groups -OCH3 is 1. The van der Waals surface area contributed by atoms with E-state index in [0.29, 0.717) is 22.2 Å². The maximum absolute atomic E-state index is 13.7. The van der Waals surface area contributed by atoms with E-state index in [9.17, 15) is 4.39 Å². The van der Waals surface area contributed by atoms with Gasteiger partial charge >= 0.3 is 0 Å². The van der Waals surface area contributed by atoms with E-state index < -0.39 is 0 Å². The summed E-state index contributed by atoms with van der Waals surface area (Å²) < 4.78 is 19.3. The van der Waals surface area contributed by atoms with Crippen LogP contribution in [0.25, 0.3) is 0 Å². The van der Waals surface area contributed by atoms with Gasteiger partial charge in [-0.2, -0.15) is 0 Å². The van der Waals surface area contributed by atoms with Gasteiger partial charge in [-0.1, -0.05) is 0 Å². The monoisotopic (exact) mass is 277 g/mol. The molecule has 1 aromatic carbocycles. The average Bonchev–Trinajstić information content (AvgIpc) is 2.21. The van der Waals surface area contributed by atoms with E-state index in [4.69, 9.17) is 10.6 Å². The molecule has 0 spiro atoms. The van der Waals surface area contributed by atoms with Crippen molar-refractivity contribution in [2.24, 2.45) is 5.90 Å². The van der Waals surface area contributed by atoms with Gasteiger partial charge < -0.3 is 9.57 Å². The molecule has 2 N–H and O–H groups in total. The van der Waals surface area contributed by atoms with E-state index in [1.165, 1.54) is 7.11 Å². The summed E-state index contributed by atoms with van der Waals surface area (Å²) >= 11 is 3.15. The Morgan fingerprint density at radius 2 is 2.20 bits per heavy atom. The van der Waals surface area contributed by atoms with E-state index in [1.54, 1.807) is 6.07 Å². The number of ether oxygens (including phenoxy) is 1. The summed E-state index contributed by atoms with van der Waals surface area (Å²) in [4.78, 5) is 4.44. The summed E-state index contributed by atoms with van der Waals surface area (Å²) in [6.07, 6.45) is 0.381. The first-order valence-corrected chi connectivity index (χ1v) is 5.24. The number of nitrogens with two attached hydrogens (primary N) is 1.